The Hall–Kier alpha value is -5.34. The molecule has 0 spiro atoms. The van der Waals surface area contributed by atoms with E-state index in [1.807, 2.05) is 79.7 Å². The number of hydrogen-bond acceptors (Lipinski definition) is 5. The molecule has 0 radical (unpaired) electrons. The average molecular weight is 588 g/mol. The Labute approximate surface area is 254 Å². The number of benzene rings is 4. The lowest BCUT2D eigenvalue weighted by molar-refractivity contribution is -0.116. The third-order valence-electron chi connectivity index (χ3n) is 6.38. The second-order valence-electron chi connectivity index (χ2n) is 9.64. The molecule has 4 aromatic carbocycles. The fraction of sp³-hybridized carbons (Fsp3) is 0.0571. The van der Waals surface area contributed by atoms with Gasteiger partial charge in [0.15, 0.2) is 0 Å². The number of anilines is 2. The molecule has 0 fully saturated rings. The van der Waals surface area contributed by atoms with E-state index in [1.54, 1.807) is 48.5 Å². The highest BCUT2D eigenvalue weighted by Crippen LogP contribution is 2.36. The Morgan fingerprint density at radius 3 is 2.00 bits per heavy atom. The van der Waals surface area contributed by atoms with Gasteiger partial charge in [0.2, 0.25) is 5.91 Å². The average Bonchev–Trinajstić information content (AvgIpc) is 3.55. The minimum absolute atomic E-state index is 0.0270. The first-order valence-electron chi connectivity index (χ1n) is 13.6. The first-order valence-corrected chi connectivity index (χ1v) is 14.4. The molecule has 0 saturated heterocycles. The number of aryl methyl sites for hydroxylation is 1. The van der Waals surface area contributed by atoms with E-state index in [4.69, 9.17) is 4.42 Å². The monoisotopic (exact) mass is 587 g/mol. The van der Waals surface area contributed by atoms with Crippen LogP contribution < -0.4 is 16.0 Å². The van der Waals surface area contributed by atoms with Crippen LogP contribution in [0.25, 0.3) is 6.08 Å². The van der Waals surface area contributed by atoms with Gasteiger partial charge in [0.05, 0.1) is 6.26 Å². The third kappa shape index (κ3) is 8.12. The van der Waals surface area contributed by atoms with E-state index < -0.39 is 17.1 Å². The van der Waals surface area contributed by atoms with Crippen LogP contribution in [-0.4, -0.2) is 17.7 Å². The minimum atomic E-state index is -0.513. The standard InChI is InChI=1S/C35H29N3O4S/c1-24-14-16-27(17-15-24)37-35(41)32(25-9-4-2-5-10-25)43-30-20-18-28(19-21-30)36-34(40)31(23-29-13-8-22-42-29)38-33(39)26-11-6-3-7-12-26/h2-23,32H,1H3,(H,36,40)(H,37,41)(H,38,39)/b31-23-. The van der Waals surface area contributed by atoms with Crippen LogP contribution in [0.3, 0.4) is 0 Å². The van der Waals surface area contributed by atoms with E-state index in [-0.39, 0.29) is 11.6 Å². The van der Waals surface area contributed by atoms with Crippen molar-refractivity contribution in [3.63, 3.8) is 0 Å². The molecule has 214 valence electrons. The summed E-state index contributed by atoms with van der Waals surface area (Å²) in [5, 5.41) is 8.03. The lowest BCUT2D eigenvalue weighted by Gasteiger charge is -2.17. The van der Waals surface area contributed by atoms with Gasteiger partial charge in [-0.05, 0) is 73.2 Å². The largest absolute Gasteiger partial charge is 0.465 e. The van der Waals surface area contributed by atoms with Gasteiger partial charge in [-0.25, -0.2) is 0 Å². The Bertz CT molecular complexity index is 1700. The van der Waals surface area contributed by atoms with Crippen molar-refractivity contribution >= 4 is 46.9 Å². The third-order valence-corrected chi connectivity index (χ3v) is 7.65. The summed E-state index contributed by atoms with van der Waals surface area (Å²) in [4.78, 5) is 40.3. The molecule has 1 aromatic heterocycles. The van der Waals surface area contributed by atoms with E-state index in [0.29, 0.717) is 17.0 Å². The Morgan fingerprint density at radius 2 is 1.35 bits per heavy atom. The van der Waals surface area contributed by atoms with Gasteiger partial charge in [0.25, 0.3) is 11.8 Å². The van der Waals surface area contributed by atoms with E-state index in [2.05, 4.69) is 16.0 Å². The molecule has 0 saturated carbocycles. The summed E-state index contributed by atoms with van der Waals surface area (Å²) >= 11 is 1.41. The highest BCUT2D eigenvalue weighted by Gasteiger charge is 2.22. The number of amides is 3. The van der Waals surface area contributed by atoms with Crippen molar-refractivity contribution in [2.75, 3.05) is 10.6 Å². The molecule has 0 aliphatic rings. The van der Waals surface area contributed by atoms with E-state index >= 15 is 0 Å². The SMILES string of the molecule is Cc1ccc(NC(=O)C(Sc2ccc(NC(=O)/C(=C/c3ccco3)NC(=O)c3ccccc3)cc2)c2ccccc2)cc1. The van der Waals surface area contributed by atoms with Crippen LogP contribution in [0, 0.1) is 6.92 Å². The first-order chi connectivity index (χ1) is 20.9. The van der Waals surface area contributed by atoms with Crippen LogP contribution in [0.5, 0.6) is 0 Å². The molecule has 8 heteroatoms. The smallest absolute Gasteiger partial charge is 0.272 e. The maximum atomic E-state index is 13.4. The van der Waals surface area contributed by atoms with Crippen LogP contribution >= 0.6 is 11.8 Å². The molecule has 0 bridgehead atoms. The van der Waals surface area contributed by atoms with Crippen LogP contribution in [-0.2, 0) is 9.59 Å². The highest BCUT2D eigenvalue weighted by molar-refractivity contribution is 8.00. The summed E-state index contributed by atoms with van der Waals surface area (Å²) in [6, 6.07) is 36.5. The molecule has 0 aliphatic heterocycles. The quantitative estimate of drug-likeness (QED) is 0.116. The zero-order valence-electron chi connectivity index (χ0n) is 23.3. The number of furan rings is 1. The predicted molar refractivity (Wildman–Crippen MR) is 171 cm³/mol. The number of thioether (sulfide) groups is 1. The lowest BCUT2D eigenvalue weighted by Crippen LogP contribution is -2.30. The molecule has 7 nitrogen and oxygen atoms in total. The minimum Gasteiger partial charge on any atom is -0.465 e. The van der Waals surface area contributed by atoms with E-state index in [9.17, 15) is 14.4 Å². The number of carbonyl (C=O) groups excluding carboxylic acids is 3. The van der Waals surface area contributed by atoms with Crippen molar-refractivity contribution in [1.82, 2.24) is 5.32 Å². The first kappa shape index (κ1) is 29.2. The second kappa shape index (κ2) is 14.0. The van der Waals surface area contributed by atoms with Gasteiger partial charge < -0.3 is 20.4 Å². The maximum Gasteiger partial charge on any atom is 0.272 e. The lowest BCUT2D eigenvalue weighted by atomic mass is 10.1. The molecular weight excluding hydrogens is 558 g/mol. The fourth-order valence-electron chi connectivity index (χ4n) is 4.15. The van der Waals surface area contributed by atoms with Crippen LogP contribution in [0.4, 0.5) is 11.4 Å². The highest BCUT2D eigenvalue weighted by atomic mass is 32.2. The van der Waals surface area contributed by atoms with Crippen LogP contribution in [0.1, 0.15) is 32.5 Å². The molecule has 1 unspecified atom stereocenters. The van der Waals surface area contributed by atoms with Gasteiger partial charge in [-0.3, -0.25) is 14.4 Å². The number of hydrogen-bond donors (Lipinski definition) is 3. The van der Waals surface area contributed by atoms with Crippen molar-refractivity contribution < 1.29 is 18.8 Å². The van der Waals surface area contributed by atoms with Gasteiger partial charge in [0, 0.05) is 27.9 Å². The number of nitrogens with one attached hydrogen (secondary N) is 3. The zero-order valence-corrected chi connectivity index (χ0v) is 24.1. The Morgan fingerprint density at radius 1 is 0.721 bits per heavy atom. The topological polar surface area (TPSA) is 100 Å². The summed E-state index contributed by atoms with van der Waals surface area (Å²) in [5.41, 5.74) is 3.68. The Kier molecular flexibility index (Phi) is 9.51. The summed E-state index contributed by atoms with van der Waals surface area (Å²) in [6.07, 6.45) is 2.96. The zero-order chi connectivity index (χ0) is 30.0. The fourth-order valence-corrected chi connectivity index (χ4v) is 5.18. The predicted octanol–water partition coefficient (Wildman–Crippen LogP) is 7.47. The van der Waals surface area contributed by atoms with Gasteiger partial charge >= 0.3 is 0 Å². The van der Waals surface area contributed by atoms with Crippen LogP contribution in [0.15, 0.2) is 143 Å². The van der Waals surface area contributed by atoms with Crippen LogP contribution in [0.2, 0.25) is 0 Å². The molecule has 3 amide bonds. The summed E-state index contributed by atoms with van der Waals surface area (Å²) in [5.74, 6) is -0.655. The van der Waals surface area contributed by atoms with Gasteiger partial charge in [-0.15, -0.1) is 11.8 Å². The summed E-state index contributed by atoms with van der Waals surface area (Å²) in [6.45, 7) is 2.00. The summed E-state index contributed by atoms with van der Waals surface area (Å²) < 4.78 is 5.36. The molecule has 1 heterocycles. The normalized spacial score (nSPS) is 11.8. The molecule has 5 rings (SSSR count). The molecule has 1 atom stereocenters. The molecule has 5 aromatic rings. The second-order valence-corrected chi connectivity index (χ2v) is 10.8. The van der Waals surface area contributed by atoms with Crippen molar-refractivity contribution in [3.8, 4) is 0 Å². The molecule has 3 N–H and O–H groups in total. The summed E-state index contributed by atoms with van der Waals surface area (Å²) in [7, 11) is 0. The van der Waals surface area contributed by atoms with Gasteiger partial charge in [-0.1, -0.05) is 66.2 Å². The van der Waals surface area contributed by atoms with Gasteiger partial charge in [-0.2, -0.15) is 0 Å². The van der Waals surface area contributed by atoms with Crippen molar-refractivity contribution in [3.05, 3.63) is 156 Å². The molecular formula is C35H29N3O4S. The molecule has 0 aliphatic carbocycles. The van der Waals surface area contributed by atoms with E-state index in [0.717, 1.165) is 21.7 Å². The maximum absolute atomic E-state index is 13.4. The van der Waals surface area contributed by atoms with Crippen molar-refractivity contribution in [2.45, 2.75) is 17.1 Å². The Balaban J connectivity index is 1.30. The van der Waals surface area contributed by atoms with E-state index in [1.165, 1.54) is 24.1 Å². The van der Waals surface area contributed by atoms with Crippen molar-refractivity contribution in [2.24, 2.45) is 0 Å². The van der Waals surface area contributed by atoms with Gasteiger partial charge in [0.1, 0.15) is 16.7 Å². The number of carbonyl (C=O) groups is 3. The molecule has 43 heavy (non-hydrogen) atoms. The van der Waals surface area contributed by atoms with Crippen molar-refractivity contribution in [1.29, 1.82) is 0 Å². The number of rotatable bonds is 10.